The monoisotopic (exact) mass is 515 g/mol. The number of nitro groups is 1. The van der Waals surface area contributed by atoms with Crippen molar-refractivity contribution in [1.29, 1.82) is 0 Å². The van der Waals surface area contributed by atoms with Gasteiger partial charge >= 0.3 is 0 Å². The molecule has 1 heterocycles. The summed E-state index contributed by atoms with van der Waals surface area (Å²) in [5.74, 6) is -0.328. The number of anilines is 2. The van der Waals surface area contributed by atoms with E-state index in [2.05, 4.69) is 5.32 Å². The highest BCUT2D eigenvalue weighted by molar-refractivity contribution is 6.12. The van der Waals surface area contributed by atoms with Crippen molar-refractivity contribution in [3.8, 4) is 0 Å². The lowest BCUT2D eigenvalue weighted by Gasteiger charge is -2.35. The van der Waals surface area contributed by atoms with E-state index >= 15 is 0 Å². The molecule has 4 aromatic rings. The van der Waals surface area contributed by atoms with Gasteiger partial charge in [0, 0.05) is 35.4 Å². The van der Waals surface area contributed by atoms with Crippen molar-refractivity contribution in [3.63, 3.8) is 0 Å². The molecular formula is C32H25N3O4. The van der Waals surface area contributed by atoms with Crippen LogP contribution < -0.4 is 10.2 Å². The van der Waals surface area contributed by atoms with Crippen molar-refractivity contribution in [2.75, 3.05) is 10.2 Å². The minimum Gasteiger partial charge on any atom is -0.357 e. The van der Waals surface area contributed by atoms with Gasteiger partial charge in [-0.15, -0.1) is 0 Å². The second kappa shape index (κ2) is 10.0. The van der Waals surface area contributed by atoms with Gasteiger partial charge in [-0.3, -0.25) is 24.6 Å². The number of Topliss-reactive ketones (excluding diaryl/α,β-unsaturated/α-hetero) is 1. The molecule has 7 nitrogen and oxygen atoms in total. The Morgan fingerprint density at radius 2 is 1.44 bits per heavy atom. The fourth-order valence-electron chi connectivity index (χ4n) is 5.59. The van der Waals surface area contributed by atoms with Gasteiger partial charge in [0.25, 0.3) is 11.6 Å². The number of carbonyl (C=O) groups is 2. The van der Waals surface area contributed by atoms with Crippen molar-refractivity contribution in [2.45, 2.75) is 24.8 Å². The maximum absolute atomic E-state index is 14.2. The Morgan fingerprint density at radius 3 is 2.13 bits per heavy atom. The third kappa shape index (κ3) is 4.48. The molecule has 0 fully saturated rings. The number of carbonyl (C=O) groups excluding carboxylic acids is 2. The number of nitrogens with one attached hydrogen (secondary N) is 1. The van der Waals surface area contributed by atoms with E-state index in [4.69, 9.17) is 0 Å². The van der Waals surface area contributed by atoms with Crippen LogP contribution in [0.4, 0.5) is 17.1 Å². The number of allylic oxidation sites excluding steroid dienone is 1. The molecule has 2 atom stereocenters. The number of ketones is 1. The van der Waals surface area contributed by atoms with Crippen LogP contribution in [0.25, 0.3) is 0 Å². The molecule has 1 aliphatic carbocycles. The normalized spacial score (nSPS) is 18.5. The first-order valence-corrected chi connectivity index (χ1v) is 12.8. The van der Waals surface area contributed by atoms with E-state index in [-0.39, 0.29) is 23.3 Å². The fraction of sp³-hybridized carbons (Fsp3) is 0.125. The van der Waals surface area contributed by atoms with E-state index in [1.807, 2.05) is 60.7 Å². The number of hydrogen-bond acceptors (Lipinski definition) is 5. The number of rotatable bonds is 4. The third-order valence-corrected chi connectivity index (χ3v) is 7.42. The number of nitrogens with zero attached hydrogens (tertiary/aromatic N) is 2. The minimum atomic E-state index is -0.770. The molecule has 0 saturated heterocycles. The molecule has 1 N–H and O–H groups in total. The molecule has 0 unspecified atom stereocenters. The molecule has 7 heteroatoms. The molecule has 1 aliphatic heterocycles. The predicted molar refractivity (Wildman–Crippen MR) is 150 cm³/mol. The predicted octanol–water partition coefficient (Wildman–Crippen LogP) is 6.81. The van der Waals surface area contributed by atoms with Gasteiger partial charge in [-0.1, -0.05) is 60.7 Å². The molecule has 39 heavy (non-hydrogen) atoms. The Morgan fingerprint density at radius 1 is 0.795 bits per heavy atom. The van der Waals surface area contributed by atoms with E-state index in [9.17, 15) is 19.7 Å². The number of non-ortho nitro benzene ring substituents is 1. The van der Waals surface area contributed by atoms with Gasteiger partial charge < -0.3 is 5.32 Å². The summed E-state index contributed by atoms with van der Waals surface area (Å²) in [5.41, 5.74) is 4.77. The van der Waals surface area contributed by atoms with Crippen molar-refractivity contribution < 1.29 is 14.5 Å². The average Bonchev–Trinajstić information content (AvgIpc) is 3.12. The van der Waals surface area contributed by atoms with Gasteiger partial charge in [-0.25, -0.2) is 0 Å². The topological polar surface area (TPSA) is 92.5 Å². The van der Waals surface area contributed by atoms with Gasteiger partial charge in [0.1, 0.15) is 0 Å². The Hall–Kier alpha value is -5.04. The van der Waals surface area contributed by atoms with Crippen LogP contribution in [0.3, 0.4) is 0 Å². The zero-order valence-electron chi connectivity index (χ0n) is 21.0. The summed E-state index contributed by atoms with van der Waals surface area (Å²) in [6, 6.07) is 31.8. The molecule has 0 radical (unpaired) electrons. The first kappa shape index (κ1) is 24.3. The molecule has 0 spiro atoms. The summed E-state index contributed by atoms with van der Waals surface area (Å²) in [4.78, 5) is 40.8. The zero-order chi connectivity index (χ0) is 26.9. The highest BCUT2D eigenvalue weighted by Crippen LogP contribution is 2.48. The molecule has 0 bridgehead atoms. The smallest absolute Gasteiger partial charge is 0.269 e. The average molecular weight is 516 g/mol. The van der Waals surface area contributed by atoms with Crippen LogP contribution >= 0.6 is 0 Å². The van der Waals surface area contributed by atoms with Crippen molar-refractivity contribution >= 4 is 28.8 Å². The number of fused-ring (bicyclic) bond motifs is 1. The lowest BCUT2D eigenvalue weighted by molar-refractivity contribution is -0.384. The summed E-state index contributed by atoms with van der Waals surface area (Å²) in [7, 11) is 0. The largest absolute Gasteiger partial charge is 0.357 e. The first-order chi connectivity index (χ1) is 19.0. The molecule has 0 saturated carbocycles. The van der Waals surface area contributed by atoms with E-state index < -0.39 is 11.0 Å². The Balaban J connectivity index is 1.57. The molecule has 192 valence electrons. The van der Waals surface area contributed by atoms with Gasteiger partial charge in [0.15, 0.2) is 5.78 Å². The quantitative estimate of drug-likeness (QED) is 0.238. The van der Waals surface area contributed by atoms with E-state index in [0.29, 0.717) is 35.2 Å². The SMILES string of the molecule is O=C1C[C@H](c2ccccc2)CC2=C1[C@H](c1ccc([N+](=O)[O-])cc1)N(C(=O)c1ccccc1)c1ccccc1N2. The van der Waals surface area contributed by atoms with Crippen molar-refractivity contribution in [1.82, 2.24) is 0 Å². The summed E-state index contributed by atoms with van der Waals surface area (Å²) in [5, 5.41) is 14.9. The molecule has 0 aromatic heterocycles. The van der Waals surface area contributed by atoms with Crippen LogP contribution in [0.1, 0.15) is 46.3 Å². The first-order valence-electron chi connectivity index (χ1n) is 12.8. The minimum absolute atomic E-state index is 0.00834. The van der Waals surface area contributed by atoms with E-state index in [1.54, 1.807) is 41.3 Å². The summed E-state index contributed by atoms with van der Waals surface area (Å²) in [6.45, 7) is 0. The number of hydrogen-bond donors (Lipinski definition) is 1. The van der Waals surface area contributed by atoms with Crippen LogP contribution in [-0.4, -0.2) is 16.6 Å². The van der Waals surface area contributed by atoms with Crippen LogP contribution in [0, 0.1) is 10.1 Å². The second-order valence-corrected chi connectivity index (χ2v) is 9.77. The molecule has 1 amide bonds. The standard InChI is InChI=1S/C32H25N3O4/c36-29-20-24(21-9-3-1-4-10-21)19-27-30(29)31(22-15-17-25(18-16-22)35(38)39)34(28-14-8-7-13-26(28)33-27)32(37)23-11-5-2-6-12-23/h1-18,24,31,33H,19-20H2/t24-,31+/m1/s1. The Kier molecular flexibility index (Phi) is 6.25. The van der Waals surface area contributed by atoms with E-state index in [1.165, 1.54) is 12.1 Å². The number of benzene rings is 4. The lowest BCUT2D eigenvalue weighted by Crippen LogP contribution is -2.38. The number of para-hydroxylation sites is 2. The van der Waals surface area contributed by atoms with Crippen LogP contribution in [-0.2, 0) is 4.79 Å². The zero-order valence-corrected chi connectivity index (χ0v) is 21.0. The summed E-state index contributed by atoms with van der Waals surface area (Å²) < 4.78 is 0. The Bertz CT molecular complexity index is 1600. The van der Waals surface area contributed by atoms with Crippen molar-refractivity contribution in [2.24, 2.45) is 0 Å². The van der Waals surface area contributed by atoms with Crippen LogP contribution in [0.15, 0.2) is 120 Å². The second-order valence-electron chi connectivity index (χ2n) is 9.77. The number of amides is 1. The van der Waals surface area contributed by atoms with Gasteiger partial charge in [-0.2, -0.15) is 0 Å². The van der Waals surface area contributed by atoms with Crippen LogP contribution in [0.2, 0.25) is 0 Å². The molecule has 4 aromatic carbocycles. The maximum Gasteiger partial charge on any atom is 0.269 e. The summed E-state index contributed by atoms with van der Waals surface area (Å²) in [6.07, 6.45) is 0.897. The van der Waals surface area contributed by atoms with Crippen LogP contribution in [0.5, 0.6) is 0 Å². The highest BCUT2D eigenvalue weighted by Gasteiger charge is 2.42. The fourth-order valence-corrected chi connectivity index (χ4v) is 5.59. The Labute approximate surface area is 225 Å². The van der Waals surface area contributed by atoms with Gasteiger partial charge in [-0.05, 0) is 59.9 Å². The number of nitro benzene ring substituents is 1. The highest BCUT2D eigenvalue weighted by atomic mass is 16.6. The lowest BCUT2D eigenvalue weighted by atomic mass is 9.78. The molecule has 6 rings (SSSR count). The van der Waals surface area contributed by atoms with Gasteiger partial charge in [0.2, 0.25) is 0 Å². The van der Waals surface area contributed by atoms with Gasteiger partial charge in [0.05, 0.1) is 22.3 Å². The van der Waals surface area contributed by atoms with E-state index in [0.717, 1.165) is 16.9 Å². The maximum atomic E-state index is 14.2. The molecular weight excluding hydrogens is 490 g/mol. The molecule has 2 aliphatic rings. The third-order valence-electron chi connectivity index (χ3n) is 7.42. The summed E-state index contributed by atoms with van der Waals surface area (Å²) >= 11 is 0. The van der Waals surface area contributed by atoms with Crippen molar-refractivity contribution in [3.05, 3.63) is 147 Å².